The zero-order valence-electron chi connectivity index (χ0n) is 7.30. The second-order valence-electron chi connectivity index (χ2n) is 2.96. The molecule has 0 radical (unpaired) electrons. The first-order valence-electron chi connectivity index (χ1n) is 4.18. The molecule has 0 bridgehead atoms. The van der Waals surface area contributed by atoms with Crippen molar-refractivity contribution >= 4 is 27.1 Å². The van der Waals surface area contributed by atoms with Gasteiger partial charge < -0.3 is 5.73 Å². The van der Waals surface area contributed by atoms with Gasteiger partial charge in [0.2, 0.25) is 0 Å². The highest BCUT2D eigenvalue weighted by atomic mass is 32.1. The topological polar surface area (TPSA) is 26.0 Å². The molecule has 1 aromatic heterocycles. The minimum atomic E-state index is -0.154. The molecule has 0 aliphatic heterocycles. The van der Waals surface area contributed by atoms with E-state index in [4.69, 9.17) is 5.73 Å². The summed E-state index contributed by atoms with van der Waals surface area (Å²) in [5.74, 6) is -0.154. The molecule has 0 amide bonds. The Morgan fingerprint density at radius 2 is 2.23 bits per heavy atom. The third-order valence-electron chi connectivity index (χ3n) is 2.17. The van der Waals surface area contributed by atoms with Crippen LogP contribution in [0.2, 0.25) is 0 Å². The van der Waals surface area contributed by atoms with Crippen LogP contribution < -0.4 is 5.73 Å². The van der Waals surface area contributed by atoms with Gasteiger partial charge in [0, 0.05) is 10.1 Å². The Hall–Kier alpha value is -1.09. The lowest BCUT2D eigenvalue weighted by Crippen LogP contribution is -1.90. The fourth-order valence-electron chi connectivity index (χ4n) is 1.43. The molecule has 0 aliphatic rings. The number of hydrogen-bond acceptors (Lipinski definition) is 2. The zero-order valence-corrected chi connectivity index (χ0v) is 8.12. The van der Waals surface area contributed by atoms with E-state index in [1.165, 1.54) is 11.3 Å². The molecule has 0 saturated carbocycles. The Kier molecular flexibility index (Phi) is 1.96. The van der Waals surface area contributed by atoms with Crippen molar-refractivity contribution in [3.8, 4) is 0 Å². The van der Waals surface area contributed by atoms with Gasteiger partial charge in [0.05, 0.1) is 11.1 Å². The smallest absolute Gasteiger partial charge is 0.137 e. The van der Waals surface area contributed by atoms with E-state index in [1.807, 2.05) is 19.1 Å². The number of nitrogens with two attached hydrogens (primary N) is 1. The van der Waals surface area contributed by atoms with Crippen LogP contribution in [0, 0.1) is 5.82 Å². The van der Waals surface area contributed by atoms with Crippen molar-refractivity contribution in [2.24, 2.45) is 0 Å². The minimum Gasteiger partial charge on any atom is -0.397 e. The van der Waals surface area contributed by atoms with E-state index in [2.05, 4.69) is 0 Å². The summed E-state index contributed by atoms with van der Waals surface area (Å²) in [5, 5.41) is 2.37. The Morgan fingerprint density at radius 3 is 2.92 bits per heavy atom. The molecule has 13 heavy (non-hydrogen) atoms. The first-order chi connectivity index (χ1) is 6.24. The number of anilines is 1. The predicted molar refractivity (Wildman–Crippen MR) is 55.6 cm³/mol. The van der Waals surface area contributed by atoms with E-state index in [9.17, 15) is 4.39 Å². The van der Waals surface area contributed by atoms with Crippen LogP contribution in [0.1, 0.15) is 12.5 Å². The number of thiophene rings is 1. The first kappa shape index (κ1) is 8.51. The fraction of sp³-hybridized carbons (Fsp3) is 0.200. The summed E-state index contributed by atoms with van der Waals surface area (Å²) in [6.45, 7) is 1.94. The number of fused-ring (bicyclic) bond motifs is 1. The lowest BCUT2D eigenvalue weighted by molar-refractivity contribution is 0.625. The maximum atomic E-state index is 13.7. The Morgan fingerprint density at radius 1 is 1.46 bits per heavy atom. The van der Waals surface area contributed by atoms with Gasteiger partial charge in [-0.25, -0.2) is 4.39 Å². The summed E-state index contributed by atoms with van der Waals surface area (Å²) >= 11 is 1.48. The predicted octanol–water partition coefficient (Wildman–Crippen LogP) is 3.19. The van der Waals surface area contributed by atoms with Crippen LogP contribution in [0.4, 0.5) is 10.1 Å². The average molecular weight is 195 g/mol. The van der Waals surface area contributed by atoms with Crippen LogP contribution in [0.3, 0.4) is 0 Å². The molecule has 2 aromatic rings. The largest absolute Gasteiger partial charge is 0.397 e. The average Bonchev–Trinajstić information content (AvgIpc) is 2.49. The maximum Gasteiger partial charge on any atom is 0.137 e. The second-order valence-corrected chi connectivity index (χ2v) is 3.87. The van der Waals surface area contributed by atoms with Gasteiger partial charge in [-0.3, -0.25) is 0 Å². The number of rotatable bonds is 1. The molecule has 3 heteroatoms. The third kappa shape index (κ3) is 1.20. The summed E-state index contributed by atoms with van der Waals surface area (Å²) in [7, 11) is 0. The van der Waals surface area contributed by atoms with E-state index >= 15 is 0 Å². The van der Waals surface area contributed by atoms with E-state index in [-0.39, 0.29) is 5.82 Å². The van der Waals surface area contributed by atoms with Crippen molar-refractivity contribution in [3.63, 3.8) is 0 Å². The summed E-state index contributed by atoms with van der Waals surface area (Å²) in [6.07, 6.45) is 0.705. The number of benzene rings is 1. The zero-order chi connectivity index (χ0) is 9.42. The fourth-order valence-corrected chi connectivity index (χ4v) is 2.27. The summed E-state index contributed by atoms with van der Waals surface area (Å²) in [4.78, 5) is 0. The molecule has 0 fully saturated rings. The lowest BCUT2D eigenvalue weighted by atomic mass is 10.1. The number of nitrogen functional groups attached to an aromatic ring is 1. The first-order valence-corrected chi connectivity index (χ1v) is 5.06. The molecule has 1 nitrogen and oxygen atoms in total. The van der Waals surface area contributed by atoms with Crippen molar-refractivity contribution in [1.29, 1.82) is 0 Å². The van der Waals surface area contributed by atoms with Gasteiger partial charge in [-0.05, 0) is 18.1 Å². The normalized spacial score (nSPS) is 10.9. The highest BCUT2D eigenvalue weighted by Gasteiger charge is 2.09. The molecule has 0 spiro atoms. The highest BCUT2D eigenvalue weighted by Crippen LogP contribution is 2.31. The molecule has 68 valence electrons. The van der Waals surface area contributed by atoms with E-state index in [0.29, 0.717) is 17.5 Å². The van der Waals surface area contributed by atoms with Crippen molar-refractivity contribution in [2.45, 2.75) is 13.3 Å². The van der Waals surface area contributed by atoms with E-state index < -0.39 is 0 Å². The van der Waals surface area contributed by atoms with Crippen LogP contribution in [0.25, 0.3) is 10.1 Å². The quantitative estimate of drug-likeness (QED) is 0.743. The van der Waals surface area contributed by atoms with Gasteiger partial charge in [-0.2, -0.15) is 0 Å². The van der Waals surface area contributed by atoms with Gasteiger partial charge in [-0.15, -0.1) is 11.3 Å². The van der Waals surface area contributed by atoms with Gasteiger partial charge in [0.25, 0.3) is 0 Å². The summed E-state index contributed by atoms with van der Waals surface area (Å²) in [6, 6.07) is 3.76. The van der Waals surface area contributed by atoms with Gasteiger partial charge in [0.15, 0.2) is 0 Å². The molecule has 2 rings (SSSR count). The van der Waals surface area contributed by atoms with E-state index in [1.54, 1.807) is 5.38 Å². The molecule has 0 atom stereocenters. The molecular weight excluding hydrogens is 185 g/mol. The monoisotopic (exact) mass is 195 g/mol. The van der Waals surface area contributed by atoms with Crippen LogP contribution in [0.5, 0.6) is 0 Å². The van der Waals surface area contributed by atoms with Crippen molar-refractivity contribution in [3.05, 3.63) is 28.9 Å². The SMILES string of the molecule is CCc1ccc2scc(N)c2c1F. The maximum absolute atomic E-state index is 13.7. The molecule has 0 unspecified atom stereocenters. The molecule has 2 N–H and O–H groups in total. The Balaban J connectivity index is 2.83. The van der Waals surface area contributed by atoms with Crippen LogP contribution in [0.15, 0.2) is 17.5 Å². The van der Waals surface area contributed by atoms with Gasteiger partial charge in [0.1, 0.15) is 5.82 Å². The van der Waals surface area contributed by atoms with Crippen molar-refractivity contribution in [1.82, 2.24) is 0 Å². The van der Waals surface area contributed by atoms with Crippen LogP contribution in [-0.4, -0.2) is 0 Å². The number of halogens is 1. The third-order valence-corrected chi connectivity index (χ3v) is 3.13. The standard InChI is InChI=1S/C10H10FNS/c1-2-6-3-4-8-9(10(6)11)7(12)5-13-8/h3-5H,2,12H2,1H3. The highest BCUT2D eigenvalue weighted by molar-refractivity contribution is 7.17. The van der Waals surface area contributed by atoms with Gasteiger partial charge >= 0.3 is 0 Å². The molecule has 0 saturated heterocycles. The Labute approximate surface area is 80.0 Å². The number of hydrogen-bond donors (Lipinski definition) is 1. The Bertz CT molecular complexity index is 447. The lowest BCUT2D eigenvalue weighted by Gasteiger charge is -2.00. The minimum absolute atomic E-state index is 0.154. The van der Waals surface area contributed by atoms with Crippen molar-refractivity contribution < 1.29 is 4.39 Å². The van der Waals surface area contributed by atoms with Crippen LogP contribution >= 0.6 is 11.3 Å². The van der Waals surface area contributed by atoms with E-state index in [0.717, 1.165) is 10.3 Å². The second kappa shape index (κ2) is 3.00. The van der Waals surface area contributed by atoms with Crippen molar-refractivity contribution in [2.75, 3.05) is 5.73 Å². The molecular formula is C10H10FNS. The summed E-state index contributed by atoms with van der Waals surface area (Å²) in [5.41, 5.74) is 6.95. The molecule has 1 heterocycles. The van der Waals surface area contributed by atoms with Crippen LogP contribution in [-0.2, 0) is 6.42 Å². The number of aryl methyl sites for hydroxylation is 1. The molecule has 0 aliphatic carbocycles. The van der Waals surface area contributed by atoms with Gasteiger partial charge in [-0.1, -0.05) is 13.0 Å². The molecule has 1 aromatic carbocycles. The summed E-state index contributed by atoms with van der Waals surface area (Å²) < 4.78 is 14.6.